The van der Waals surface area contributed by atoms with E-state index < -0.39 is 0 Å². The van der Waals surface area contributed by atoms with Gasteiger partial charge in [-0.25, -0.2) is 4.39 Å². The minimum Gasteiger partial charge on any atom is -0.324 e. The van der Waals surface area contributed by atoms with Crippen molar-refractivity contribution in [2.75, 3.05) is 0 Å². The van der Waals surface area contributed by atoms with Gasteiger partial charge in [-0.3, -0.25) is 0 Å². The zero-order valence-electron chi connectivity index (χ0n) is 12.0. The average Bonchev–Trinajstić information content (AvgIpc) is 2.92. The number of hydrogen-bond acceptors (Lipinski definition) is 3. The van der Waals surface area contributed by atoms with Crippen molar-refractivity contribution in [3.05, 3.63) is 48.0 Å². The molecule has 0 saturated heterocycles. The number of fused-ring (bicyclic) bond motifs is 1. The predicted molar refractivity (Wildman–Crippen MR) is 81.2 cm³/mol. The van der Waals surface area contributed by atoms with Crippen molar-refractivity contribution in [2.24, 2.45) is 5.73 Å². The van der Waals surface area contributed by atoms with Crippen molar-refractivity contribution < 1.29 is 4.39 Å². The van der Waals surface area contributed by atoms with Crippen LogP contribution in [0.2, 0.25) is 0 Å². The van der Waals surface area contributed by atoms with E-state index in [2.05, 4.69) is 24.0 Å². The second-order valence-electron chi connectivity index (χ2n) is 5.25. The molecular formula is C16H17FN4. The standard InChI is InChI=1S/C16H17FN4/c1-10(2)21-15(9-18)19-20-16(21)13-7-8-14(17)12-6-4-3-5-11(12)13/h3-8,10H,9,18H2,1-2H3. The lowest BCUT2D eigenvalue weighted by Gasteiger charge is -2.14. The molecule has 5 heteroatoms. The monoisotopic (exact) mass is 284 g/mol. The maximum Gasteiger partial charge on any atom is 0.164 e. The van der Waals surface area contributed by atoms with Gasteiger partial charge in [-0.05, 0) is 31.4 Å². The van der Waals surface area contributed by atoms with E-state index in [1.54, 1.807) is 12.1 Å². The third-order valence-corrected chi connectivity index (χ3v) is 3.58. The van der Waals surface area contributed by atoms with E-state index in [9.17, 15) is 4.39 Å². The normalized spacial score (nSPS) is 11.5. The highest BCUT2D eigenvalue weighted by atomic mass is 19.1. The molecule has 0 unspecified atom stereocenters. The van der Waals surface area contributed by atoms with Gasteiger partial charge in [0.2, 0.25) is 0 Å². The van der Waals surface area contributed by atoms with Gasteiger partial charge in [0.1, 0.15) is 11.6 Å². The van der Waals surface area contributed by atoms with Crippen molar-refractivity contribution >= 4 is 10.8 Å². The van der Waals surface area contributed by atoms with E-state index in [-0.39, 0.29) is 11.9 Å². The largest absolute Gasteiger partial charge is 0.324 e. The highest BCUT2D eigenvalue weighted by Gasteiger charge is 2.17. The summed E-state index contributed by atoms with van der Waals surface area (Å²) >= 11 is 0. The minimum absolute atomic E-state index is 0.178. The summed E-state index contributed by atoms with van der Waals surface area (Å²) < 4.78 is 15.9. The molecule has 0 spiro atoms. The molecule has 0 radical (unpaired) electrons. The molecule has 3 aromatic rings. The second-order valence-corrected chi connectivity index (χ2v) is 5.25. The molecule has 21 heavy (non-hydrogen) atoms. The van der Waals surface area contributed by atoms with Gasteiger partial charge in [-0.15, -0.1) is 10.2 Å². The van der Waals surface area contributed by atoms with E-state index in [1.807, 2.05) is 22.8 Å². The number of benzene rings is 2. The molecule has 0 bridgehead atoms. The fraction of sp³-hybridized carbons (Fsp3) is 0.250. The van der Waals surface area contributed by atoms with Crippen LogP contribution in [-0.2, 0) is 6.54 Å². The summed E-state index contributed by atoms with van der Waals surface area (Å²) in [4.78, 5) is 0. The fourth-order valence-corrected chi connectivity index (χ4v) is 2.65. The van der Waals surface area contributed by atoms with Crippen LogP contribution in [0, 0.1) is 5.82 Å². The van der Waals surface area contributed by atoms with Crippen LogP contribution < -0.4 is 5.73 Å². The SMILES string of the molecule is CC(C)n1c(CN)nnc1-c1ccc(F)c2ccccc12. The maximum atomic E-state index is 13.9. The molecule has 0 amide bonds. The van der Waals surface area contributed by atoms with Crippen molar-refractivity contribution in [1.82, 2.24) is 14.8 Å². The van der Waals surface area contributed by atoms with Crippen LogP contribution >= 0.6 is 0 Å². The van der Waals surface area contributed by atoms with Crippen LogP contribution in [0.5, 0.6) is 0 Å². The molecule has 0 saturated carbocycles. The van der Waals surface area contributed by atoms with Crippen molar-refractivity contribution in [1.29, 1.82) is 0 Å². The number of hydrogen-bond donors (Lipinski definition) is 1. The molecule has 1 aromatic heterocycles. The quantitative estimate of drug-likeness (QED) is 0.803. The van der Waals surface area contributed by atoms with Gasteiger partial charge >= 0.3 is 0 Å². The lowest BCUT2D eigenvalue weighted by atomic mass is 10.0. The van der Waals surface area contributed by atoms with Crippen molar-refractivity contribution in [3.8, 4) is 11.4 Å². The molecule has 108 valence electrons. The zero-order chi connectivity index (χ0) is 15.0. The third kappa shape index (κ3) is 2.19. The van der Waals surface area contributed by atoms with Crippen LogP contribution in [0.25, 0.3) is 22.2 Å². The van der Waals surface area contributed by atoms with E-state index >= 15 is 0 Å². The molecule has 1 heterocycles. The summed E-state index contributed by atoms with van der Waals surface area (Å²) in [6.07, 6.45) is 0. The van der Waals surface area contributed by atoms with Crippen molar-refractivity contribution in [3.63, 3.8) is 0 Å². The Morgan fingerprint density at radius 3 is 2.48 bits per heavy atom. The maximum absolute atomic E-state index is 13.9. The minimum atomic E-state index is -0.232. The summed E-state index contributed by atoms with van der Waals surface area (Å²) in [6.45, 7) is 4.43. The molecule has 0 fully saturated rings. The fourth-order valence-electron chi connectivity index (χ4n) is 2.65. The Morgan fingerprint density at radius 2 is 1.81 bits per heavy atom. The lowest BCUT2D eigenvalue weighted by Crippen LogP contribution is -2.11. The molecule has 0 atom stereocenters. The van der Waals surface area contributed by atoms with E-state index in [0.717, 1.165) is 22.6 Å². The Hall–Kier alpha value is -2.27. The molecular weight excluding hydrogens is 267 g/mol. The highest BCUT2D eigenvalue weighted by Crippen LogP contribution is 2.31. The number of nitrogens with two attached hydrogens (primary N) is 1. The first-order chi connectivity index (χ1) is 10.1. The summed E-state index contributed by atoms with van der Waals surface area (Å²) in [5.74, 6) is 1.22. The molecule has 0 aliphatic heterocycles. The summed E-state index contributed by atoms with van der Waals surface area (Å²) in [6, 6.07) is 10.8. The van der Waals surface area contributed by atoms with Gasteiger partial charge in [-0.2, -0.15) is 0 Å². The second kappa shape index (κ2) is 5.26. The smallest absolute Gasteiger partial charge is 0.164 e. The van der Waals surface area contributed by atoms with Crippen LogP contribution in [0.15, 0.2) is 36.4 Å². The Kier molecular flexibility index (Phi) is 3.43. The highest BCUT2D eigenvalue weighted by molar-refractivity contribution is 5.95. The summed E-state index contributed by atoms with van der Waals surface area (Å²) in [5.41, 5.74) is 6.60. The van der Waals surface area contributed by atoms with Crippen molar-refractivity contribution in [2.45, 2.75) is 26.4 Å². The lowest BCUT2D eigenvalue weighted by molar-refractivity contribution is 0.574. The van der Waals surface area contributed by atoms with Crippen LogP contribution in [-0.4, -0.2) is 14.8 Å². The van der Waals surface area contributed by atoms with E-state index in [0.29, 0.717) is 11.9 Å². The van der Waals surface area contributed by atoms with E-state index in [4.69, 9.17) is 5.73 Å². The third-order valence-electron chi connectivity index (χ3n) is 3.58. The summed E-state index contributed by atoms with van der Waals surface area (Å²) in [7, 11) is 0. The first-order valence-corrected chi connectivity index (χ1v) is 6.95. The van der Waals surface area contributed by atoms with Crippen LogP contribution in [0.4, 0.5) is 4.39 Å². The number of aromatic nitrogens is 3. The number of halogens is 1. The Morgan fingerprint density at radius 1 is 1.10 bits per heavy atom. The average molecular weight is 284 g/mol. The topological polar surface area (TPSA) is 56.7 Å². The molecule has 4 nitrogen and oxygen atoms in total. The van der Waals surface area contributed by atoms with Gasteiger partial charge in [0.15, 0.2) is 5.82 Å². The Balaban J connectivity index is 2.32. The Labute approximate surface area is 122 Å². The number of nitrogens with zero attached hydrogens (tertiary/aromatic N) is 3. The number of rotatable bonds is 3. The first-order valence-electron chi connectivity index (χ1n) is 6.95. The predicted octanol–water partition coefficient (Wildman–Crippen LogP) is 3.28. The summed E-state index contributed by atoms with van der Waals surface area (Å²) in [5, 5.41) is 9.84. The molecule has 0 aliphatic carbocycles. The van der Waals surface area contributed by atoms with Gasteiger partial charge in [0.25, 0.3) is 0 Å². The molecule has 3 rings (SSSR count). The first kappa shape index (κ1) is 13.7. The molecule has 0 aliphatic rings. The molecule has 2 N–H and O–H groups in total. The Bertz CT molecular complexity index is 792. The van der Waals surface area contributed by atoms with E-state index in [1.165, 1.54) is 6.07 Å². The zero-order valence-corrected chi connectivity index (χ0v) is 12.0. The van der Waals surface area contributed by atoms with Gasteiger partial charge < -0.3 is 10.3 Å². The van der Waals surface area contributed by atoms with Gasteiger partial charge in [-0.1, -0.05) is 24.3 Å². The molecule has 2 aromatic carbocycles. The van der Waals surface area contributed by atoms with Crippen LogP contribution in [0.1, 0.15) is 25.7 Å². The van der Waals surface area contributed by atoms with Gasteiger partial charge in [0.05, 0.1) is 6.54 Å². The van der Waals surface area contributed by atoms with Crippen LogP contribution in [0.3, 0.4) is 0 Å². The van der Waals surface area contributed by atoms with Gasteiger partial charge in [0, 0.05) is 17.0 Å².